The van der Waals surface area contributed by atoms with Crippen LogP contribution >= 0.6 is 0 Å². The van der Waals surface area contributed by atoms with Crippen molar-refractivity contribution >= 4 is 23.9 Å². The van der Waals surface area contributed by atoms with E-state index >= 15 is 0 Å². The van der Waals surface area contributed by atoms with Crippen molar-refractivity contribution in [3.05, 3.63) is 41.9 Å². The average molecular weight is 642 g/mol. The second kappa shape index (κ2) is 22.6. The fraction of sp³-hybridized carbons (Fsp3) is 0.538. The molecule has 0 saturated carbocycles. The number of nitrogens with zero attached hydrogens (tertiary/aromatic N) is 7. The Hall–Kier alpha value is -0.920. The number of hydrogen-bond donors (Lipinski definition) is 0. The molecule has 1 saturated heterocycles. The topological polar surface area (TPSA) is 190 Å². The standard InChI is InChI=1S/C26H37N7O8.3Na/c1-2-41-26(40)21-6-7-33(28-21)22-5-3-4-20(27-22)16-29-8-10-30(17-23(34)35)12-14-32(19-25(38)39)15-13-31(11-9-29)18-24(36)37;;;/h3-7H,2,8-19H2,1H3,(H,34,35)(H,36,37)(H,38,39);;;/q;3*+1/p-3. The molecule has 0 spiro atoms. The molecule has 44 heavy (non-hydrogen) atoms. The Morgan fingerprint density at radius 1 is 0.727 bits per heavy atom. The molecular weight excluding hydrogens is 607 g/mol. The van der Waals surface area contributed by atoms with E-state index < -0.39 is 23.9 Å². The SMILES string of the molecule is CCOC(=O)c1ccn(-c2cccc(CN3CCN(CC(=O)[O-])CCN(CC(=O)[O-])CCN(CC(=O)[O-])CC3)n2)n1.[Na+].[Na+].[Na+]. The summed E-state index contributed by atoms with van der Waals surface area (Å²) >= 11 is 0. The molecule has 2 aromatic rings. The van der Waals surface area contributed by atoms with Gasteiger partial charge in [0.2, 0.25) is 0 Å². The van der Waals surface area contributed by atoms with E-state index in [0.29, 0.717) is 44.2 Å². The first-order chi connectivity index (χ1) is 19.6. The Morgan fingerprint density at radius 3 is 1.61 bits per heavy atom. The molecule has 1 aliphatic heterocycles. The average Bonchev–Trinajstić information content (AvgIpc) is 3.40. The molecule has 1 fully saturated rings. The Morgan fingerprint density at radius 2 is 1.18 bits per heavy atom. The van der Waals surface area contributed by atoms with Crippen LogP contribution in [0.3, 0.4) is 0 Å². The van der Waals surface area contributed by atoms with Crippen molar-refractivity contribution in [3.8, 4) is 5.82 Å². The summed E-state index contributed by atoms with van der Waals surface area (Å²) in [6.07, 6.45) is 1.61. The van der Waals surface area contributed by atoms with E-state index in [2.05, 4.69) is 10.1 Å². The normalized spacial score (nSPS) is 15.8. The van der Waals surface area contributed by atoms with Gasteiger partial charge in [-0.2, -0.15) is 5.10 Å². The predicted molar refractivity (Wildman–Crippen MR) is 137 cm³/mol. The predicted octanol–water partition coefficient (Wildman–Crippen LogP) is -13.6. The van der Waals surface area contributed by atoms with E-state index in [4.69, 9.17) is 4.74 Å². The maximum atomic E-state index is 12.0. The third-order valence-corrected chi connectivity index (χ3v) is 6.47. The van der Waals surface area contributed by atoms with E-state index in [0.717, 1.165) is 0 Å². The summed E-state index contributed by atoms with van der Waals surface area (Å²) in [7, 11) is 0. The van der Waals surface area contributed by atoms with Gasteiger partial charge in [0, 0.05) is 84.7 Å². The molecule has 224 valence electrons. The Labute approximate surface area is 322 Å². The van der Waals surface area contributed by atoms with Gasteiger partial charge in [-0.3, -0.25) is 19.6 Å². The van der Waals surface area contributed by atoms with Crippen LogP contribution in [0.15, 0.2) is 30.5 Å². The quantitative estimate of drug-likeness (QED) is 0.166. The molecule has 0 aliphatic carbocycles. The van der Waals surface area contributed by atoms with Gasteiger partial charge in [0.25, 0.3) is 0 Å². The van der Waals surface area contributed by atoms with Crippen LogP contribution in [-0.4, -0.2) is 137 Å². The van der Waals surface area contributed by atoms with E-state index in [1.54, 1.807) is 40.0 Å². The first-order valence-electron chi connectivity index (χ1n) is 13.3. The Balaban J connectivity index is 0.00000616. The zero-order chi connectivity index (χ0) is 29.8. The minimum atomic E-state index is -1.27. The summed E-state index contributed by atoms with van der Waals surface area (Å²) in [5.74, 6) is -3.82. The van der Waals surface area contributed by atoms with Crippen LogP contribution in [0, 0.1) is 0 Å². The summed E-state index contributed by atoms with van der Waals surface area (Å²) in [6, 6.07) is 6.90. The molecule has 1 aliphatic rings. The molecule has 0 unspecified atom stereocenters. The van der Waals surface area contributed by atoms with Crippen molar-refractivity contribution in [2.45, 2.75) is 13.5 Å². The molecule has 2 aromatic heterocycles. The van der Waals surface area contributed by atoms with Gasteiger partial charge in [-0.1, -0.05) is 6.07 Å². The number of carbonyl (C=O) groups excluding carboxylic acids is 4. The van der Waals surface area contributed by atoms with Crippen molar-refractivity contribution < 1.29 is 128 Å². The number of pyridine rings is 1. The van der Waals surface area contributed by atoms with Crippen molar-refractivity contribution in [2.24, 2.45) is 0 Å². The van der Waals surface area contributed by atoms with Gasteiger partial charge in [0.15, 0.2) is 11.5 Å². The second-order valence-corrected chi connectivity index (χ2v) is 9.57. The number of carboxylic acids is 3. The fourth-order valence-electron chi connectivity index (χ4n) is 4.44. The maximum Gasteiger partial charge on any atom is 1.00 e. The third-order valence-electron chi connectivity index (χ3n) is 6.47. The number of carbonyl (C=O) groups is 4. The van der Waals surface area contributed by atoms with Crippen LogP contribution < -0.4 is 104 Å². The van der Waals surface area contributed by atoms with Crippen LogP contribution in [0.4, 0.5) is 0 Å². The molecule has 18 heteroatoms. The second-order valence-electron chi connectivity index (χ2n) is 9.57. The first kappa shape index (κ1) is 43.1. The maximum absolute atomic E-state index is 12.0. The summed E-state index contributed by atoms with van der Waals surface area (Å²) < 4.78 is 6.45. The van der Waals surface area contributed by atoms with Gasteiger partial charge < -0.3 is 34.4 Å². The number of aliphatic carboxylic acids is 3. The number of esters is 1. The number of carboxylic acid groups (broad SMARTS) is 3. The molecule has 0 aromatic carbocycles. The zero-order valence-electron chi connectivity index (χ0n) is 26.0. The molecule has 0 amide bonds. The molecule has 3 heterocycles. The molecule has 0 N–H and O–H groups in total. The molecule has 0 bridgehead atoms. The van der Waals surface area contributed by atoms with Crippen molar-refractivity contribution in [2.75, 3.05) is 78.6 Å². The van der Waals surface area contributed by atoms with E-state index in [9.17, 15) is 34.5 Å². The summed E-state index contributed by atoms with van der Waals surface area (Å²) in [5, 5.41) is 38.2. The molecular formula is C26H34N7Na3O8. The van der Waals surface area contributed by atoms with Gasteiger partial charge in [-0.05, 0) is 25.1 Å². The fourth-order valence-corrected chi connectivity index (χ4v) is 4.44. The van der Waals surface area contributed by atoms with E-state index in [1.165, 1.54) is 10.7 Å². The molecule has 3 rings (SSSR count). The van der Waals surface area contributed by atoms with Crippen LogP contribution in [-0.2, 0) is 25.7 Å². The van der Waals surface area contributed by atoms with E-state index in [1.807, 2.05) is 11.0 Å². The summed E-state index contributed by atoms with van der Waals surface area (Å²) in [4.78, 5) is 57.6. The summed E-state index contributed by atoms with van der Waals surface area (Å²) in [6.45, 7) is 3.89. The first-order valence-corrected chi connectivity index (χ1v) is 13.3. The van der Waals surface area contributed by atoms with Crippen molar-refractivity contribution in [1.82, 2.24) is 34.4 Å². The minimum absolute atomic E-state index is 0. The van der Waals surface area contributed by atoms with Gasteiger partial charge in [-0.15, -0.1) is 0 Å². The van der Waals surface area contributed by atoms with Crippen LogP contribution in [0.5, 0.6) is 0 Å². The largest absolute Gasteiger partial charge is 1.00 e. The third kappa shape index (κ3) is 15.6. The molecule has 15 nitrogen and oxygen atoms in total. The minimum Gasteiger partial charge on any atom is -0.549 e. The number of ether oxygens (including phenoxy) is 1. The van der Waals surface area contributed by atoms with Crippen molar-refractivity contribution in [1.29, 1.82) is 0 Å². The van der Waals surface area contributed by atoms with E-state index in [-0.39, 0.29) is 147 Å². The van der Waals surface area contributed by atoms with Gasteiger partial charge in [0.1, 0.15) is 0 Å². The van der Waals surface area contributed by atoms with Gasteiger partial charge in [0.05, 0.1) is 30.2 Å². The Bertz CT molecular complexity index is 1170. The van der Waals surface area contributed by atoms with Gasteiger partial charge >= 0.3 is 94.6 Å². The summed E-state index contributed by atoms with van der Waals surface area (Å²) in [5.41, 5.74) is 0.835. The van der Waals surface area contributed by atoms with Crippen molar-refractivity contribution in [3.63, 3.8) is 0 Å². The van der Waals surface area contributed by atoms with Crippen LogP contribution in [0.2, 0.25) is 0 Å². The van der Waals surface area contributed by atoms with Gasteiger partial charge in [-0.25, -0.2) is 14.5 Å². The van der Waals surface area contributed by atoms with Crippen LogP contribution in [0.25, 0.3) is 5.82 Å². The number of rotatable bonds is 11. The van der Waals surface area contributed by atoms with Crippen LogP contribution in [0.1, 0.15) is 23.1 Å². The smallest absolute Gasteiger partial charge is 0.549 e. The Kier molecular flexibility index (Phi) is 22.1. The zero-order valence-corrected chi connectivity index (χ0v) is 32.0. The molecule has 0 atom stereocenters. The number of aromatic nitrogens is 3. The monoisotopic (exact) mass is 641 g/mol. The molecule has 0 radical (unpaired) electrons. The number of hydrogen-bond acceptors (Lipinski definition) is 14.